The van der Waals surface area contributed by atoms with Crippen molar-refractivity contribution >= 4 is 40.0 Å². The summed E-state index contributed by atoms with van der Waals surface area (Å²) in [5.41, 5.74) is 6.19. The van der Waals surface area contributed by atoms with Crippen LogP contribution < -0.4 is 20.9 Å². The normalized spacial score (nSPS) is 13.7. The Labute approximate surface area is 192 Å². The van der Waals surface area contributed by atoms with E-state index in [-0.39, 0.29) is 5.91 Å². The zero-order valence-corrected chi connectivity index (χ0v) is 18.4. The van der Waals surface area contributed by atoms with Crippen molar-refractivity contribution in [1.29, 1.82) is 0 Å². The van der Waals surface area contributed by atoms with Crippen LogP contribution in [0.1, 0.15) is 6.92 Å². The molecule has 1 fully saturated rings. The summed E-state index contributed by atoms with van der Waals surface area (Å²) in [6.07, 6.45) is 3.47. The smallest absolute Gasteiger partial charge is 0.227 e. The van der Waals surface area contributed by atoms with Crippen LogP contribution in [-0.4, -0.2) is 47.0 Å². The third kappa shape index (κ3) is 4.75. The number of fused-ring (bicyclic) bond motifs is 1. The van der Waals surface area contributed by atoms with Crippen LogP contribution in [0.15, 0.2) is 67.0 Å². The van der Waals surface area contributed by atoms with Gasteiger partial charge < -0.3 is 20.9 Å². The Morgan fingerprint density at radius 2 is 1.82 bits per heavy atom. The Morgan fingerprint density at radius 3 is 2.61 bits per heavy atom. The summed E-state index contributed by atoms with van der Waals surface area (Å²) in [5, 5.41) is 9.51. The van der Waals surface area contributed by atoms with Gasteiger partial charge in [0, 0.05) is 61.9 Å². The predicted molar refractivity (Wildman–Crippen MR) is 132 cm³/mol. The zero-order chi connectivity index (χ0) is 22.6. The van der Waals surface area contributed by atoms with E-state index < -0.39 is 0 Å². The molecule has 0 radical (unpaired) electrons. The van der Waals surface area contributed by atoms with Gasteiger partial charge in [0.2, 0.25) is 11.9 Å². The fourth-order valence-electron chi connectivity index (χ4n) is 4.01. The van der Waals surface area contributed by atoms with Crippen molar-refractivity contribution in [2.45, 2.75) is 6.92 Å². The van der Waals surface area contributed by atoms with E-state index in [0.29, 0.717) is 11.5 Å². The van der Waals surface area contributed by atoms with Gasteiger partial charge in [-0.1, -0.05) is 12.1 Å². The summed E-state index contributed by atoms with van der Waals surface area (Å²) >= 11 is 0. The van der Waals surface area contributed by atoms with Crippen molar-refractivity contribution in [2.24, 2.45) is 0 Å². The Hall–Kier alpha value is -4.04. The molecule has 1 saturated heterocycles. The van der Waals surface area contributed by atoms with Crippen LogP contribution in [0.3, 0.4) is 0 Å². The molecule has 2 aromatic carbocycles. The number of piperazine rings is 1. The van der Waals surface area contributed by atoms with Gasteiger partial charge in [-0.25, -0.2) is 9.97 Å². The quantitative estimate of drug-likeness (QED) is 0.435. The van der Waals surface area contributed by atoms with Crippen molar-refractivity contribution < 1.29 is 4.79 Å². The number of rotatable bonds is 5. The summed E-state index contributed by atoms with van der Waals surface area (Å²) < 4.78 is 0. The standard InChI is InChI=1S/C25H25N7O/c1-17(33)29-20-4-2-3-18(15-20)22-9-10-27-23-16-28-25(31-24(22)23)30-19-5-7-21(8-6-19)32-13-11-26-12-14-32/h2-10,15-16,26H,11-14H2,1H3,(H,29,33)(H,28,30,31). The number of pyridine rings is 1. The lowest BCUT2D eigenvalue weighted by Crippen LogP contribution is -2.43. The van der Waals surface area contributed by atoms with Crippen molar-refractivity contribution in [1.82, 2.24) is 20.3 Å². The number of hydrogen-bond donors (Lipinski definition) is 3. The number of aromatic nitrogens is 3. The largest absolute Gasteiger partial charge is 0.369 e. The molecule has 1 aliphatic rings. The molecule has 0 aliphatic carbocycles. The lowest BCUT2D eigenvalue weighted by Gasteiger charge is -2.29. The number of hydrogen-bond acceptors (Lipinski definition) is 7. The molecule has 33 heavy (non-hydrogen) atoms. The van der Waals surface area contributed by atoms with Crippen molar-refractivity contribution in [3.63, 3.8) is 0 Å². The van der Waals surface area contributed by atoms with E-state index in [1.165, 1.54) is 12.6 Å². The van der Waals surface area contributed by atoms with E-state index in [0.717, 1.165) is 54.2 Å². The number of amides is 1. The first-order valence-electron chi connectivity index (χ1n) is 11.0. The molecule has 2 aromatic heterocycles. The average molecular weight is 440 g/mol. The van der Waals surface area contributed by atoms with E-state index in [1.54, 1.807) is 12.4 Å². The minimum Gasteiger partial charge on any atom is -0.369 e. The number of anilines is 4. The molecule has 8 nitrogen and oxygen atoms in total. The maximum atomic E-state index is 11.4. The summed E-state index contributed by atoms with van der Waals surface area (Å²) in [6, 6.07) is 18.0. The van der Waals surface area contributed by atoms with E-state index in [4.69, 9.17) is 4.98 Å². The molecule has 8 heteroatoms. The second-order valence-electron chi connectivity index (χ2n) is 7.96. The monoisotopic (exact) mass is 439 g/mol. The molecule has 3 heterocycles. The Bertz CT molecular complexity index is 1280. The molecule has 1 aliphatic heterocycles. The molecule has 0 spiro atoms. The Morgan fingerprint density at radius 1 is 1.00 bits per heavy atom. The van der Waals surface area contributed by atoms with Crippen LogP contribution in [0, 0.1) is 0 Å². The van der Waals surface area contributed by atoms with Gasteiger partial charge in [0.05, 0.1) is 6.20 Å². The Balaban J connectivity index is 1.42. The summed E-state index contributed by atoms with van der Waals surface area (Å²) in [6.45, 7) is 5.54. The van der Waals surface area contributed by atoms with Gasteiger partial charge >= 0.3 is 0 Å². The van der Waals surface area contributed by atoms with Gasteiger partial charge in [-0.3, -0.25) is 9.78 Å². The van der Waals surface area contributed by atoms with Crippen LogP contribution in [0.5, 0.6) is 0 Å². The van der Waals surface area contributed by atoms with Crippen LogP contribution in [0.2, 0.25) is 0 Å². The van der Waals surface area contributed by atoms with Gasteiger partial charge in [-0.05, 0) is 48.0 Å². The topological polar surface area (TPSA) is 95.1 Å². The number of nitrogens with zero attached hydrogens (tertiary/aromatic N) is 4. The van der Waals surface area contributed by atoms with Crippen LogP contribution in [-0.2, 0) is 4.79 Å². The van der Waals surface area contributed by atoms with Gasteiger partial charge in [0.1, 0.15) is 11.0 Å². The van der Waals surface area contributed by atoms with Crippen LogP contribution >= 0.6 is 0 Å². The first-order valence-corrected chi connectivity index (χ1v) is 11.0. The number of nitrogens with one attached hydrogen (secondary N) is 3. The maximum absolute atomic E-state index is 11.4. The zero-order valence-electron chi connectivity index (χ0n) is 18.4. The summed E-state index contributed by atoms with van der Waals surface area (Å²) in [7, 11) is 0. The third-order valence-electron chi connectivity index (χ3n) is 5.58. The number of carbonyl (C=O) groups is 1. The second-order valence-corrected chi connectivity index (χ2v) is 7.96. The van der Waals surface area contributed by atoms with E-state index >= 15 is 0 Å². The second kappa shape index (κ2) is 9.22. The SMILES string of the molecule is CC(=O)Nc1cccc(-c2ccnc3cnc(Nc4ccc(N5CCNCC5)cc4)nc23)c1. The van der Waals surface area contributed by atoms with Gasteiger partial charge in [0.15, 0.2) is 0 Å². The molecule has 166 valence electrons. The minimum atomic E-state index is -0.108. The first kappa shape index (κ1) is 20.8. The lowest BCUT2D eigenvalue weighted by molar-refractivity contribution is -0.114. The van der Waals surface area contributed by atoms with Crippen LogP contribution in [0.4, 0.5) is 23.0 Å². The fourth-order valence-corrected chi connectivity index (χ4v) is 4.01. The highest BCUT2D eigenvalue weighted by Crippen LogP contribution is 2.29. The molecule has 0 saturated carbocycles. The maximum Gasteiger partial charge on any atom is 0.227 e. The van der Waals surface area contributed by atoms with E-state index in [9.17, 15) is 4.79 Å². The fraction of sp³-hybridized carbons (Fsp3) is 0.200. The number of carbonyl (C=O) groups excluding carboxylic acids is 1. The highest BCUT2D eigenvalue weighted by Gasteiger charge is 2.12. The van der Waals surface area contributed by atoms with Gasteiger partial charge in [-0.2, -0.15) is 0 Å². The highest BCUT2D eigenvalue weighted by atomic mass is 16.1. The molecule has 0 unspecified atom stereocenters. The number of benzene rings is 2. The molecule has 4 aromatic rings. The highest BCUT2D eigenvalue weighted by molar-refractivity contribution is 5.94. The van der Waals surface area contributed by atoms with Gasteiger partial charge in [-0.15, -0.1) is 0 Å². The average Bonchev–Trinajstić information content (AvgIpc) is 2.84. The van der Waals surface area contributed by atoms with Crippen LogP contribution in [0.25, 0.3) is 22.2 Å². The van der Waals surface area contributed by atoms with Crippen molar-refractivity contribution in [2.75, 3.05) is 41.7 Å². The Kier molecular flexibility index (Phi) is 5.82. The molecular formula is C25H25N7O. The molecule has 0 bridgehead atoms. The molecule has 0 atom stereocenters. The third-order valence-corrected chi connectivity index (χ3v) is 5.58. The molecular weight excluding hydrogens is 414 g/mol. The van der Waals surface area contributed by atoms with Gasteiger partial charge in [0.25, 0.3) is 0 Å². The summed E-state index contributed by atoms with van der Waals surface area (Å²) in [5.74, 6) is 0.396. The van der Waals surface area contributed by atoms with Crippen molar-refractivity contribution in [3.8, 4) is 11.1 Å². The van der Waals surface area contributed by atoms with Crippen molar-refractivity contribution in [3.05, 3.63) is 67.0 Å². The van der Waals surface area contributed by atoms with E-state index in [1.807, 2.05) is 42.5 Å². The molecule has 5 rings (SSSR count). The molecule has 3 N–H and O–H groups in total. The lowest BCUT2D eigenvalue weighted by atomic mass is 10.0. The first-order chi connectivity index (χ1) is 16.2. The predicted octanol–water partition coefficient (Wildman–Crippen LogP) is 3.80. The van der Waals surface area contributed by atoms with E-state index in [2.05, 4.69) is 43.0 Å². The molecule has 1 amide bonds. The minimum absolute atomic E-state index is 0.108. The summed E-state index contributed by atoms with van der Waals surface area (Å²) in [4.78, 5) is 27.4.